The fourth-order valence-corrected chi connectivity index (χ4v) is 2.54. The van der Waals surface area contributed by atoms with Gasteiger partial charge in [-0.25, -0.2) is 12.7 Å². The van der Waals surface area contributed by atoms with Crippen LogP contribution in [-0.4, -0.2) is 31.6 Å². The van der Waals surface area contributed by atoms with E-state index in [4.69, 9.17) is 0 Å². The van der Waals surface area contributed by atoms with Gasteiger partial charge in [-0.05, 0) is 12.8 Å². The minimum atomic E-state index is -2.84. The summed E-state index contributed by atoms with van der Waals surface area (Å²) in [7, 11) is -2.84. The molecule has 0 N–H and O–H groups in total. The van der Waals surface area contributed by atoms with Crippen molar-refractivity contribution in [3.63, 3.8) is 0 Å². The molecule has 0 bridgehead atoms. The van der Waals surface area contributed by atoms with Crippen LogP contribution in [0.15, 0.2) is 0 Å². The molecule has 1 aliphatic rings. The van der Waals surface area contributed by atoms with Crippen LogP contribution in [0.1, 0.15) is 19.8 Å². The maximum absolute atomic E-state index is 11.1. The molecule has 4 heteroatoms. The summed E-state index contributed by atoms with van der Waals surface area (Å²) in [6, 6.07) is 0. The predicted molar refractivity (Wildman–Crippen MR) is 40.3 cm³/mol. The molecule has 1 saturated heterocycles. The molecule has 0 amide bonds. The molecule has 0 aromatic heterocycles. The van der Waals surface area contributed by atoms with Crippen molar-refractivity contribution >= 4 is 10.0 Å². The highest BCUT2D eigenvalue weighted by Gasteiger charge is 2.25. The van der Waals surface area contributed by atoms with Crippen molar-refractivity contribution in [1.82, 2.24) is 4.31 Å². The minimum absolute atomic E-state index is 0.312. The zero-order valence-corrected chi connectivity index (χ0v) is 7.02. The Balaban J connectivity index is 2.50. The second-order valence-electron chi connectivity index (χ2n) is 2.57. The van der Waals surface area contributed by atoms with Crippen LogP contribution in [0.3, 0.4) is 0 Å². The first kappa shape index (κ1) is 8.01. The van der Waals surface area contributed by atoms with E-state index >= 15 is 0 Å². The SMILES string of the molecule is CCCS(=O)(=O)N1CCC1. The normalized spacial score (nSPS) is 20.5. The van der Waals surface area contributed by atoms with Gasteiger partial charge in [-0.2, -0.15) is 0 Å². The average Bonchev–Trinajstić information content (AvgIpc) is 1.56. The number of hydrogen-bond donors (Lipinski definition) is 0. The van der Waals surface area contributed by atoms with Gasteiger partial charge in [0.25, 0.3) is 0 Å². The van der Waals surface area contributed by atoms with Gasteiger partial charge in [0, 0.05) is 13.1 Å². The van der Waals surface area contributed by atoms with Crippen molar-refractivity contribution in [3.8, 4) is 0 Å². The molecule has 0 radical (unpaired) electrons. The van der Waals surface area contributed by atoms with Crippen molar-refractivity contribution in [3.05, 3.63) is 0 Å². The van der Waals surface area contributed by atoms with Crippen LogP contribution in [-0.2, 0) is 10.0 Å². The highest BCUT2D eigenvalue weighted by molar-refractivity contribution is 7.89. The molecule has 0 aromatic carbocycles. The van der Waals surface area contributed by atoms with Gasteiger partial charge in [-0.15, -0.1) is 0 Å². The number of hydrogen-bond acceptors (Lipinski definition) is 2. The second-order valence-corrected chi connectivity index (χ2v) is 4.66. The molecular formula is C6H13NO2S. The lowest BCUT2D eigenvalue weighted by molar-refractivity contribution is 0.309. The summed E-state index contributed by atoms with van der Waals surface area (Å²) in [5.41, 5.74) is 0. The number of nitrogens with zero attached hydrogens (tertiary/aromatic N) is 1. The smallest absolute Gasteiger partial charge is 0.212 e. The Morgan fingerprint density at radius 3 is 2.30 bits per heavy atom. The highest BCUT2D eigenvalue weighted by atomic mass is 32.2. The summed E-state index contributed by atoms with van der Waals surface area (Å²) >= 11 is 0. The molecule has 0 unspecified atom stereocenters. The second kappa shape index (κ2) is 2.88. The van der Waals surface area contributed by atoms with Crippen LogP contribution in [0.2, 0.25) is 0 Å². The van der Waals surface area contributed by atoms with Crippen LogP contribution in [0, 0.1) is 0 Å². The average molecular weight is 163 g/mol. The first-order valence-corrected chi connectivity index (χ1v) is 5.25. The molecule has 0 spiro atoms. The molecule has 60 valence electrons. The van der Waals surface area contributed by atoms with Gasteiger partial charge < -0.3 is 0 Å². The van der Waals surface area contributed by atoms with Crippen molar-refractivity contribution in [1.29, 1.82) is 0 Å². The first-order chi connectivity index (χ1) is 4.67. The van der Waals surface area contributed by atoms with Crippen LogP contribution >= 0.6 is 0 Å². The maximum atomic E-state index is 11.1. The van der Waals surface area contributed by atoms with E-state index in [0.717, 1.165) is 25.9 Å². The summed E-state index contributed by atoms with van der Waals surface area (Å²) in [6.45, 7) is 3.36. The third-order valence-electron chi connectivity index (χ3n) is 1.67. The van der Waals surface area contributed by atoms with E-state index in [9.17, 15) is 8.42 Å². The third kappa shape index (κ3) is 1.49. The molecule has 0 aromatic rings. The van der Waals surface area contributed by atoms with Crippen molar-refractivity contribution in [2.45, 2.75) is 19.8 Å². The van der Waals surface area contributed by atoms with Gasteiger partial charge in [-0.3, -0.25) is 0 Å². The lowest BCUT2D eigenvalue weighted by Crippen LogP contribution is -2.43. The lowest BCUT2D eigenvalue weighted by Gasteiger charge is -2.29. The van der Waals surface area contributed by atoms with Gasteiger partial charge in [0.05, 0.1) is 5.75 Å². The van der Waals surface area contributed by atoms with Crippen LogP contribution < -0.4 is 0 Å². The van der Waals surface area contributed by atoms with E-state index in [1.165, 1.54) is 0 Å². The van der Waals surface area contributed by atoms with Crippen molar-refractivity contribution < 1.29 is 8.42 Å². The Kier molecular flexibility index (Phi) is 2.31. The molecule has 0 saturated carbocycles. The quantitative estimate of drug-likeness (QED) is 0.605. The van der Waals surface area contributed by atoms with Crippen molar-refractivity contribution in [2.75, 3.05) is 18.8 Å². The van der Waals surface area contributed by atoms with Gasteiger partial charge in [0.15, 0.2) is 0 Å². The van der Waals surface area contributed by atoms with E-state index in [0.29, 0.717) is 5.75 Å². The summed E-state index contributed by atoms with van der Waals surface area (Å²) in [6.07, 6.45) is 1.75. The van der Waals surface area contributed by atoms with Crippen LogP contribution in [0.25, 0.3) is 0 Å². The molecular weight excluding hydrogens is 150 g/mol. The Morgan fingerprint density at radius 2 is 2.00 bits per heavy atom. The summed E-state index contributed by atoms with van der Waals surface area (Å²) in [5.74, 6) is 0.312. The molecule has 1 fully saturated rings. The Morgan fingerprint density at radius 1 is 1.40 bits per heavy atom. The lowest BCUT2D eigenvalue weighted by atomic mass is 10.3. The number of rotatable bonds is 3. The van der Waals surface area contributed by atoms with Crippen LogP contribution in [0.4, 0.5) is 0 Å². The maximum Gasteiger partial charge on any atom is 0.214 e. The van der Waals surface area contributed by atoms with Gasteiger partial charge in [0.2, 0.25) is 10.0 Å². The predicted octanol–water partition coefficient (Wildman–Crippen LogP) is 0.432. The zero-order valence-electron chi connectivity index (χ0n) is 6.21. The molecule has 1 aliphatic heterocycles. The largest absolute Gasteiger partial charge is 0.214 e. The Hall–Kier alpha value is -0.0900. The molecule has 0 atom stereocenters. The van der Waals surface area contributed by atoms with E-state index in [-0.39, 0.29) is 0 Å². The van der Waals surface area contributed by atoms with E-state index in [1.54, 1.807) is 4.31 Å². The third-order valence-corrected chi connectivity index (χ3v) is 3.75. The molecule has 0 aliphatic carbocycles. The molecule has 1 heterocycles. The summed E-state index contributed by atoms with van der Waals surface area (Å²) in [4.78, 5) is 0. The molecule has 3 nitrogen and oxygen atoms in total. The van der Waals surface area contributed by atoms with E-state index in [1.807, 2.05) is 6.92 Å². The summed E-state index contributed by atoms with van der Waals surface area (Å²) in [5, 5.41) is 0. The Labute approximate surface area is 62.1 Å². The van der Waals surface area contributed by atoms with Crippen molar-refractivity contribution in [2.24, 2.45) is 0 Å². The fourth-order valence-electron chi connectivity index (χ4n) is 0.952. The van der Waals surface area contributed by atoms with Crippen LogP contribution in [0.5, 0.6) is 0 Å². The first-order valence-electron chi connectivity index (χ1n) is 3.64. The van der Waals surface area contributed by atoms with Gasteiger partial charge >= 0.3 is 0 Å². The Bertz CT molecular complexity index is 194. The monoisotopic (exact) mass is 163 g/mol. The van der Waals surface area contributed by atoms with Gasteiger partial charge in [-0.1, -0.05) is 6.92 Å². The highest BCUT2D eigenvalue weighted by Crippen LogP contribution is 2.12. The minimum Gasteiger partial charge on any atom is -0.212 e. The van der Waals surface area contributed by atoms with E-state index < -0.39 is 10.0 Å². The fraction of sp³-hybridized carbons (Fsp3) is 1.00. The van der Waals surface area contributed by atoms with Gasteiger partial charge in [0.1, 0.15) is 0 Å². The molecule has 1 rings (SSSR count). The topological polar surface area (TPSA) is 37.4 Å². The number of sulfonamides is 1. The summed E-state index contributed by atoms with van der Waals surface area (Å²) < 4.78 is 23.8. The molecule has 10 heavy (non-hydrogen) atoms. The van der Waals surface area contributed by atoms with E-state index in [2.05, 4.69) is 0 Å². The standard InChI is InChI=1S/C6H13NO2S/c1-2-6-10(8,9)7-4-3-5-7/h2-6H2,1H3. The zero-order chi connectivity index (χ0) is 7.61.